The number of halogens is 1. The van der Waals surface area contributed by atoms with Gasteiger partial charge in [0.05, 0.1) is 36.7 Å². The van der Waals surface area contributed by atoms with Gasteiger partial charge in [0.15, 0.2) is 17.3 Å². The molecule has 2 N–H and O–H groups in total. The second-order valence-electron chi connectivity index (χ2n) is 7.49. The van der Waals surface area contributed by atoms with E-state index in [0.29, 0.717) is 37.7 Å². The third kappa shape index (κ3) is 4.41. The third-order valence-corrected chi connectivity index (χ3v) is 5.48. The fourth-order valence-electron chi connectivity index (χ4n) is 3.79. The normalized spacial score (nSPS) is 18.9. The van der Waals surface area contributed by atoms with Crippen LogP contribution < -0.4 is 9.80 Å². The molecular formula is C22H23FN2O6. The van der Waals surface area contributed by atoms with E-state index in [1.165, 1.54) is 29.2 Å². The molecule has 0 radical (unpaired) electrons. The van der Waals surface area contributed by atoms with Gasteiger partial charge < -0.3 is 24.6 Å². The quantitative estimate of drug-likeness (QED) is 0.537. The number of carbonyl (C=O) groups is 2. The molecule has 2 aromatic rings. The molecule has 1 atom stereocenters. The number of rotatable bonds is 6. The van der Waals surface area contributed by atoms with E-state index in [4.69, 9.17) is 9.47 Å². The Bertz CT molecular complexity index is 992. The van der Waals surface area contributed by atoms with Gasteiger partial charge in [-0.25, -0.2) is 9.18 Å². The SMILES string of the molecule is O=C(CC[C@H]1CN(c2ccc(N3CCOCC3)c(F)c2)C(=O)O1)c1cccc(O)c1O. The van der Waals surface area contributed by atoms with Crippen molar-refractivity contribution < 1.29 is 33.7 Å². The minimum Gasteiger partial charge on any atom is -0.504 e. The molecule has 1 amide bonds. The molecule has 0 bridgehead atoms. The van der Waals surface area contributed by atoms with E-state index in [9.17, 15) is 24.2 Å². The molecule has 0 saturated carbocycles. The van der Waals surface area contributed by atoms with Crippen LogP contribution in [0.4, 0.5) is 20.6 Å². The summed E-state index contributed by atoms with van der Waals surface area (Å²) in [6.45, 7) is 2.48. The summed E-state index contributed by atoms with van der Waals surface area (Å²) in [4.78, 5) is 27.9. The molecule has 2 aliphatic heterocycles. The lowest BCUT2D eigenvalue weighted by Gasteiger charge is -2.29. The Balaban J connectivity index is 1.38. The Kier molecular flexibility index (Phi) is 5.94. The summed E-state index contributed by atoms with van der Waals surface area (Å²) in [5.74, 6) is -1.63. The highest BCUT2D eigenvalue weighted by atomic mass is 19.1. The van der Waals surface area contributed by atoms with Crippen molar-refractivity contribution in [3.63, 3.8) is 0 Å². The smallest absolute Gasteiger partial charge is 0.414 e. The number of cyclic esters (lactones) is 1. The maximum atomic E-state index is 14.7. The molecule has 4 rings (SSSR count). The van der Waals surface area contributed by atoms with Crippen molar-refractivity contribution in [3.8, 4) is 11.5 Å². The van der Waals surface area contributed by atoms with Gasteiger partial charge in [-0.3, -0.25) is 9.69 Å². The van der Waals surface area contributed by atoms with E-state index in [1.807, 2.05) is 4.90 Å². The number of ether oxygens (including phenoxy) is 2. The molecule has 2 fully saturated rings. The van der Waals surface area contributed by atoms with Crippen LogP contribution in [0.15, 0.2) is 36.4 Å². The molecule has 31 heavy (non-hydrogen) atoms. The maximum absolute atomic E-state index is 14.7. The summed E-state index contributed by atoms with van der Waals surface area (Å²) in [6.07, 6.45) is -0.883. The van der Waals surface area contributed by atoms with Crippen LogP contribution in [0.25, 0.3) is 0 Å². The first-order chi connectivity index (χ1) is 14.9. The Morgan fingerprint density at radius 1 is 1.16 bits per heavy atom. The Labute approximate surface area is 178 Å². The van der Waals surface area contributed by atoms with Crippen molar-refractivity contribution in [3.05, 3.63) is 47.8 Å². The van der Waals surface area contributed by atoms with Crippen LogP contribution in [0.1, 0.15) is 23.2 Å². The first kappa shape index (κ1) is 20.9. The lowest BCUT2D eigenvalue weighted by atomic mass is 10.0. The molecule has 2 heterocycles. The van der Waals surface area contributed by atoms with Crippen molar-refractivity contribution in [2.45, 2.75) is 18.9 Å². The zero-order valence-electron chi connectivity index (χ0n) is 16.8. The van der Waals surface area contributed by atoms with Gasteiger partial charge in [-0.1, -0.05) is 6.07 Å². The van der Waals surface area contributed by atoms with E-state index in [1.54, 1.807) is 12.1 Å². The second kappa shape index (κ2) is 8.81. The first-order valence-corrected chi connectivity index (χ1v) is 10.1. The zero-order valence-corrected chi connectivity index (χ0v) is 16.8. The fourth-order valence-corrected chi connectivity index (χ4v) is 3.79. The molecule has 8 nitrogen and oxygen atoms in total. The van der Waals surface area contributed by atoms with Crippen molar-refractivity contribution >= 4 is 23.3 Å². The zero-order chi connectivity index (χ0) is 22.0. The van der Waals surface area contributed by atoms with Gasteiger partial charge in [-0.05, 0) is 36.8 Å². The van der Waals surface area contributed by atoms with Crippen LogP contribution in [0, 0.1) is 5.82 Å². The van der Waals surface area contributed by atoms with E-state index in [2.05, 4.69) is 0 Å². The van der Waals surface area contributed by atoms with E-state index in [-0.39, 0.29) is 36.5 Å². The Morgan fingerprint density at radius 3 is 2.68 bits per heavy atom. The average molecular weight is 430 g/mol. The van der Waals surface area contributed by atoms with Gasteiger partial charge >= 0.3 is 6.09 Å². The first-order valence-electron chi connectivity index (χ1n) is 10.1. The van der Waals surface area contributed by atoms with Gasteiger partial charge in [0.1, 0.15) is 11.9 Å². The molecule has 2 aromatic carbocycles. The second-order valence-corrected chi connectivity index (χ2v) is 7.49. The summed E-state index contributed by atoms with van der Waals surface area (Å²) < 4.78 is 25.3. The number of phenolic OH excluding ortho intramolecular Hbond substituents is 2. The lowest BCUT2D eigenvalue weighted by molar-refractivity contribution is 0.0936. The number of hydrogen-bond acceptors (Lipinski definition) is 7. The molecule has 2 saturated heterocycles. The van der Waals surface area contributed by atoms with Crippen LogP contribution in [0.5, 0.6) is 11.5 Å². The predicted molar refractivity (Wildman–Crippen MR) is 110 cm³/mol. The molecule has 9 heteroatoms. The van der Waals surface area contributed by atoms with Crippen LogP contribution in [-0.4, -0.2) is 61.0 Å². The molecule has 2 aliphatic rings. The largest absolute Gasteiger partial charge is 0.504 e. The molecular weight excluding hydrogens is 407 g/mol. The van der Waals surface area contributed by atoms with Gasteiger partial charge in [-0.15, -0.1) is 0 Å². The molecule has 0 aliphatic carbocycles. The van der Waals surface area contributed by atoms with Crippen LogP contribution in [-0.2, 0) is 9.47 Å². The van der Waals surface area contributed by atoms with Crippen molar-refractivity contribution in [2.24, 2.45) is 0 Å². The number of ketones is 1. The minimum atomic E-state index is -0.601. The number of amides is 1. The van der Waals surface area contributed by atoms with Crippen molar-refractivity contribution in [1.29, 1.82) is 0 Å². The van der Waals surface area contributed by atoms with Gasteiger partial charge in [-0.2, -0.15) is 0 Å². The summed E-state index contributed by atoms with van der Waals surface area (Å²) in [5, 5.41) is 19.4. The summed E-state index contributed by atoms with van der Waals surface area (Å²) in [7, 11) is 0. The highest BCUT2D eigenvalue weighted by molar-refractivity contribution is 5.99. The number of carbonyl (C=O) groups excluding carboxylic acids is 2. The van der Waals surface area contributed by atoms with E-state index < -0.39 is 23.8 Å². The molecule has 0 aromatic heterocycles. The van der Waals surface area contributed by atoms with E-state index >= 15 is 0 Å². The molecule has 0 spiro atoms. The number of morpholine rings is 1. The number of Topliss-reactive ketones (excluding diaryl/α,β-unsaturated/α-hetero) is 1. The fraction of sp³-hybridized carbons (Fsp3) is 0.364. The van der Waals surface area contributed by atoms with Crippen LogP contribution in [0.3, 0.4) is 0 Å². The number of hydrogen-bond donors (Lipinski definition) is 2. The predicted octanol–water partition coefficient (Wildman–Crippen LogP) is 3.06. The van der Waals surface area contributed by atoms with E-state index in [0.717, 1.165) is 0 Å². The number of nitrogens with zero attached hydrogens (tertiary/aromatic N) is 2. The Morgan fingerprint density at radius 2 is 1.94 bits per heavy atom. The minimum absolute atomic E-state index is 0.0157. The topological polar surface area (TPSA) is 99.5 Å². The number of para-hydroxylation sites is 1. The number of benzene rings is 2. The van der Waals surface area contributed by atoms with Gasteiger partial charge in [0, 0.05) is 19.5 Å². The average Bonchev–Trinajstić information content (AvgIpc) is 3.15. The number of anilines is 2. The summed E-state index contributed by atoms with van der Waals surface area (Å²) in [5.41, 5.74) is 0.869. The Hall–Kier alpha value is -3.33. The van der Waals surface area contributed by atoms with Crippen LogP contribution in [0.2, 0.25) is 0 Å². The lowest BCUT2D eigenvalue weighted by Crippen LogP contribution is -2.36. The molecule has 164 valence electrons. The summed E-state index contributed by atoms with van der Waals surface area (Å²) >= 11 is 0. The number of phenols is 2. The third-order valence-electron chi connectivity index (χ3n) is 5.48. The molecule has 0 unspecified atom stereocenters. The van der Waals surface area contributed by atoms with Crippen molar-refractivity contribution in [1.82, 2.24) is 0 Å². The highest BCUT2D eigenvalue weighted by Crippen LogP contribution is 2.31. The van der Waals surface area contributed by atoms with Gasteiger partial charge in [0.25, 0.3) is 0 Å². The van der Waals surface area contributed by atoms with Crippen molar-refractivity contribution in [2.75, 3.05) is 42.6 Å². The maximum Gasteiger partial charge on any atom is 0.414 e. The highest BCUT2D eigenvalue weighted by Gasteiger charge is 2.33. The monoisotopic (exact) mass is 430 g/mol. The standard InChI is InChI=1S/C22H23FN2O6/c23-17-12-14(4-6-18(17)24-8-10-30-11-9-24)25-13-15(31-22(25)29)5-7-19(26)16-2-1-3-20(27)21(16)28/h1-4,6,12,15,27-28H,5,7-11,13H2/t15-/m0/s1. The number of aromatic hydroxyl groups is 2. The van der Waals surface area contributed by atoms with Crippen LogP contribution >= 0.6 is 0 Å². The van der Waals surface area contributed by atoms with Gasteiger partial charge in [0.2, 0.25) is 0 Å². The summed E-state index contributed by atoms with van der Waals surface area (Å²) in [6, 6.07) is 8.80.